The van der Waals surface area contributed by atoms with Gasteiger partial charge in [-0.3, -0.25) is 0 Å². The monoisotopic (exact) mass is 737 g/mol. The third-order valence-corrected chi connectivity index (χ3v) is 12.3. The molecule has 7 aromatic carbocycles. The van der Waals surface area contributed by atoms with Crippen LogP contribution >= 0.6 is 0 Å². The van der Waals surface area contributed by atoms with Crippen LogP contribution in [0.1, 0.15) is 50.5 Å². The van der Waals surface area contributed by atoms with Crippen LogP contribution < -0.4 is 31.3 Å². The maximum atomic E-state index is 7.16. The van der Waals surface area contributed by atoms with Gasteiger partial charge >= 0.3 is 0 Å². The Morgan fingerprint density at radius 3 is 1.96 bits per heavy atom. The van der Waals surface area contributed by atoms with Gasteiger partial charge in [0.25, 0.3) is 6.71 Å². The van der Waals surface area contributed by atoms with E-state index in [4.69, 9.17) is 4.42 Å². The molecule has 4 nitrogen and oxygen atoms in total. The van der Waals surface area contributed by atoms with Crippen LogP contribution in [0.4, 0.5) is 51.2 Å². The molecule has 1 aromatic heterocycles. The fraction of sp³-hybridized carbons (Fsp3) is 0.154. The molecule has 1 aliphatic carbocycles. The van der Waals surface area contributed by atoms with E-state index in [9.17, 15) is 0 Å². The van der Waals surface area contributed by atoms with Gasteiger partial charge in [0, 0.05) is 57.2 Å². The number of hydrogen-bond acceptors (Lipinski definition) is 4. The molecule has 3 aliphatic rings. The maximum absolute atomic E-state index is 7.16. The van der Waals surface area contributed by atoms with E-state index in [0.29, 0.717) is 0 Å². The van der Waals surface area contributed by atoms with Crippen molar-refractivity contribution in [3.05, 3.63) is 181 Å². The Labute approximate surface area is 335 Å². The van der Waals surface area contributed by atoms with Crippen molar-refractivity contribution < 1.29 is 4.42 Å². The van der Waals surface area contributed by atoms with E-state index in [1.165, 1.54) is 62.0 Å². The van der Waals surface area contributed by atoms with Gasteiger partial charge in [0.05, 0.1) is 17.0 Å². The Bertz CT molecular complexity index is 2800. The lowest BCUT2D eigenvalue weighted by atomic mass is 9.35. The van der Waals surface area contributed by atoms with E-state index in [-0.39, 0.29) is 12.1 Å². The molecular weight excluding hydrogens is 693 g/mol. The third kappa shape index (κ3) is 5.36. The van der Waals surface area contributed by atoms with Crippen molar-refractivity contribution in [2.45, 2.75) is 51.9 Å². The highest BCUT2D eigenvalue weighted by atomic mass is 16.3. The second-order valence-corrected chi connectivity index (χ2v) is 16.8. The Kier molecular flexibility index (Phi) is 7.76. The molecule has 0 bridgehead atoms. The maximum Gasteiger partial charge on any atom is 0.297 e. The van der Waals surface area contributed by atoms with Crippen molar-refractivity contribution in [3.63, 3.8) is 0 Å². The molecule has 0 fully saturated rings. The highest BCUT2D eigenvalue weighted by molar-refractivity contribution is 6.99. The first kappa shape index (κ1) is 33.8. The summed E-state index contributed by atoms with van der Waals surface area (Å²) in [6.45, 7) is 6.78. The van der Waals surface area contributed by atoms with Crippen LogP contribution in [0, 0.1) is 0 Å². The number of benzene rings is 7. The minimum absolute atomic E-state index is 0.0526. The zero-order chi connectivity index (χ0) is 38.3. The summed E-state index contributed by atoms with van der Waals surface area (Å²) in [6.07, 6.45) is 4.36. The fourth-order valence-corrected chi connectivity index (χ4v) is 9.67. The van der Waals surface area contributed by atoms with Gasteiger partial charge in [0.1, 0.15) is 5.76 Å². The van der Waals surface area contributed by atoms with Crippen LogP contribution in [0.15, 0.2) is 168 Å². The topological polar surface area (TPSA) is 22.9 Å². The molecule has 0 amide bonds. The summed E-state index contributed by atoms with van der Waals surface area (Å²) < 4.78 is 7.16. The molecule has 8 aromatic rings. The molecule has 0 saturated heterocycles. The van der Waals surface area contributed by atoms with E-state index in [1.807, 2.05) is 0 Å². The minimum atomic E-state index is -0.0575. The van der Waals surface area contributed by atoms with Gasteiger partial charge in [-0.15, -0.1) is 0 Å². The van der Waals surface area contributed by atoms with E-state index in [0.717, 1.165) is 59.1 Å². The van der Waals surface area contributed by atoms with Crippen molar-refractivity contribution in [3.8, 4) is 0 Å². The predicted molar refractivity (Wildman–Crippen MR) is 240 cm³/mol. The largest absolute Gasteiger partial charge is 0.473 e. The van der Waals surface area contributed by atoms with Crippen LogP contribution in [0.2, 0.25) is 0 Å². The van der Waals surface area contributed by atoms with Gasteiger partial charge in [-0.2, -0.15) is 0 Å². The van der Waals surface area contributed by atoms with Gasteiger partial charge in [-0.05, 0) is 113 Å². The number of furan rings is 1. The van der Waals surface area contributed by atoms with Crippen molar-refractivity contribution in [2.75, 3.05) is 14.7 Å². The zero-order valence-electron chi connectivity index (χ0n) is 32.7. The molecule has 0 N–H and O–H groups in total. The van der Waals surface area contributed by atoms with Crippen molar-refractivity contribution in [1.29, 1.82) is 0 Å². The van der Waals surface area contributed by atoms with Gasteiger partial charge in [-0.25, -0.2) is 0 Å². The standard InChI is InChI=1S/C52H44BN3O/c1-52(2,3)36-28-30-39(31-29-36)54(44-24-14-17-35-16-10-11-22-41(35)44)40-32-33-43-47(34-40)55(37-18-6-4-7-19-37)45-25-15-26-46-49(45)53(43)51-50(42-23-12-13-27-48(42)57-51)56(46)38-20-8-5-9-21-38/h4-11,14-22,24-26,28-34H,12-13,23,27H2,1-3H3. The fourth-order valence-electron chi connectivity index (χ4n) is 9.67. The van der Waals surface area contributed by atoms with Crippen LogP contribution in [-0.4, -0.2) is 6.71 Å². The molecule has 0 spiro atoms. The second kappa shape index (κ2) is 13.1. The molecule has 11 rings (SSSR count). The van der Waals surface area contributed by atoms with Crippen LogP contribution in [0.5, 0.6) is 0 Å². The number of para-hydroxylation sites is 2. The Hall–Kier alpha value is -6.46. The number of fused-ring (bicyclic) bond motifs is 7. The molecular formula is C52H44BN3O. The molecule has 276 valence electrons. The molecule has 0 unspecified atom stereocenters. The quantitative estimate of drug-likeness (QED) is 0.164. The summed E-state index contributed by atoms with van der Waals surface area (Å²) in [5, 5.41) is 2.43. The summed E-state index contributed by atoms with van der Waals surface area (Å²) >= 11 is 0. The normalized spacial score (nSPS) is 14.2. The van der Waals surface area contributed by atoms with Gasteiger partial charge < -0.3 is 19.1 Å². The molecule has 3 heterocycles. The molecule has 5 heteroatoms. The van der Waals surface area contributed by atoms with Crippen molar-refractivity contribution in [1.82, 2.24) is 0 Å². The molecule has 0 atom stereocenters. The first-order chi connectivity index (χ1) is 27.9. The Morgan fingerprint density at radius 1 is 0.579 bits per heavy atom. The molecule has 2 aliphatic heterocycles. The summed E-state index contributed by atoms with van der Waals surface area (Å²) in [6, 6.07) is 60.3. The summed E-state index contributed by atoms with van der Waals surface area (Å²) in [5.41, 5.74) is 16.8. The van der Waals surface area contributed by atoms with Gasteiger partial charge in [0.15, 0.2) is 0 Å². The summed E-state index contributed by atoms with van der Waals surface area (Å²) in [7, 11) is 0. The van der Waals surface area contributed by atoms with Crippen molar-refractivity contribution in [2.24, 2.45) is 0 Å². The smallest absolute Gasteiger partial charge is 0.297 e. The average molecular weight is 738 g/mol. The van der Waals surface area contributed by atoms with E-state index in [2.05, 4.69) is 199 Å². The number of rotatable bonds is 5. The number of hydrogen-bond donors (Lipinski definition) is 0. The minimum Gasteiger partial charge on any atom is -0.473 e. The average Bonchev–Trinajstić information content (AvgIpc) is 3.63. The SMILES string of the molecule is CC(C)(C)c1ccc(N(c2ccc3c(c2)N(c2ccccc2)c2cccc4c2B3c2oc3c(c2N4c2ccccc2)CCCC3)c2cccc3ccccc23)cc1. The lowest BCUT2D eigenvalue weighted by molar-refractivity contribution is 0.497. The lowest BCUT2D eigenvalue weighted by Gasteiger charge is -2.43. The first-order valence-corrected chi connectivity index (χ1v) is 20.4. The Morgan fingerprint density at radius 2 is 1.21 bits per heavy atom. The second-order valence-electron chi connectivity index (χ2n) is 16.8. The van der Waals surface area contributed by atoms with Gasteiger partial charge in [0.2, 0.25) is 0 Å². The van der Waals surface area contributed by atoms with Gasteiger partial charge in [-0.1, -0.05) is 118 Å². The van der Waals surface area contributed by atoms with Crippen LogP contribution in [-0.2, 0) is 18.3 Å². The van der Waals surface area contributed by atoms with E-state index in [1.54, 1.807) is 0 Å². The van der Waals surface area contributed by atoms with E-state index < -0.39 is 0 Å². The lowest BCUT2D eigenvalue weighted by Crippen LogP contribution is -2.61. The van der Waals surface area contributed by atoms with Crippen LogP contribution in [0.25, 0.3) is 10.8 Å². The highest BCUT2D eigenvalue weighted by Gasteiger charge is 2.47. The zero-order valence-corrected chi connectivity index (χ0v) is 32.7. The molecule has 0 radical (unpaired) electrons. The van der Waals surface area contributed by atoms with E-state index >= 15 is 0 Å². The third-order valence-electron chi connectivity index (χ3n) is 12.3. The molecule has 57 heavy (non-hydrogen) atoms. The number of nitrogens with zero attached hydrogens (tertiary/aromatic N) is 3. The summed E-state index contributed by atoms with van der Waals surface area (Å²) in [5.74, 6) is 1.16. The predicted octanol–water partition coefficient (Wildman–Crippen LogP) is 12.2. The molecule has 0 saturated carbocycles. The first-order valence-electron chi connectivity index (χ1n) is 20.4. The highest BCUT2D eigenvalue weighted by Crippen LogP contribution is 2.48. The summed E-state index contributed by atoms with van der Waals surface area (Å²) in [4.78, 5) is 7.42. The Balaban J connectivity index is 1.18. The number of anilines is 9. The van der Waals surface area contributed by atoms with Crippen LogP contribution in [0.3, 0.4) is 0 Å². The van der Waals surface area contributed by atoms with Crippen molar-refractivity contribution >= 4 is 85.3 Å². The number of aryl methyl sites for hydroxylation is 1.